The van der Waals surface area contributed by atoms with Crippen LogP contribution in [-0.4, -0.2) is 38.4 Å². The fourth-order valence-corrected chi connectivity index (χ4v) is 3.57. The number of rotatable bonds is 8. The molecular weight excluding hydrogens is 360 g/mol. The maximum atomic E-state index is 11.2. The normalized spacial score (nSPS) is 23.4. The molecule has 27 heavy (non-hydrogen) atoms. The van der Waals surface area contributed by atoms with Gasteiger partial charge in [0.1, 0.15) is 6.10 Å². The van der Waals surface area contributed by atoms with E-state index in [4.69, 9.17) is 13.9 Å². The van der Waals surface area contributed by atoms with Crippen molar-refractivity contribution in [1.82, 2.24) is 0 Å². The van der Waals surface area contributed by atoms with Crippen LogP contribution in [-0.2, 0) is 25.3 Å². The second-order valence-electron chi connectivity index (χ2n) is 8.56. The van der Waals surface area contributed by atoms with Crippen molar-refractivity contribution in [3.63, 3.8) is 0 Å². The Balaban J connectivity index is 2.00. The molecule has 0 saturated heterocycles. The molecule has 150 valence electrons. The lowest BCUT2D eigenvalue weighted by Gasteiger charge is -2.38. The van der Waals surface area contributed by atoms with Crippen molar-refractivity contribution in [2.45, 2.75) is 64.3 Å². The monoisotopic (exact) mass is 392 g/mol. The Morgan fingerprint density at radius 3 is 2.44 bits per heavy atom. The second kappa shape index (κ2) is 9.15. The number of ether oxygens (including phenoxy) is 2. The third-order valence-electron chi connectivity index (χ3n) is 5.31. The molecule has 0 unspecified atom stereocenters. The third kappa shape index (κ3) is 6.57. The van der Waals surface area contributed by atoms with Gasteiger partial charge in [0.15, 0.2) is 14.6 Å². The topological polar surface area (TPSA) is 65.0 Å². The van der Waals surface area contributed by atoms with Crippen LogP contribution in [0, 0.1) is 5.92 Å². The van der Waals surface area contributed by atoms with Crippen molar-refractivity contribution in [3.8, 4) is 0 Å². The third-order valence-corrected chi connectivity index (χ3v) is 9.81. The molecule has 2 rings (SSSR count). The second-order valence-corrected chi connectivity index (χ2v) is 13.4. The molecular formula is C21H32O5Si. The Kier molecular flexibility index (Phi) is 7.39. The summed E-state index contributed by atoms with van der Waals surface area (Å²) >= 11 is 0. The van der Waals surface area contributed by atoms with Crippen LogP contribution in [0.4, 0.5) is 0 Å². The summed E-state index contributed by atoms with van der Waals surface area (Å²) in [7, 11) is -1.87. The van der Waals surface area contributed by atoms with Crippen LogP contribution in [0.2, 0.25) is 18.1 Å². The number of carboxylic acids is 1. The van der Waals surface area contributed by atoms with Crippen LogP contribution < -0.4 is 0 Å². The summed E-state index contributed by atoms with van der Waals surface area (Å²) in [4.78, 5) is 11.2. The Hall–Kier alpha value is -1.47. The molecule has 1 aliphatic rings. The van der Waals surface area contributed by atoms with Crippen molar-refractivity contribution >= 4 is 14.3 Å². The summed E-state index contributed by atoms with van der Waals surface area (Å²) in [6, 6.07) is 9.80. The highest BCUT2D eigenvalue weighted by molar-refractivity contribution is 6.74. The predicted molar refractivity (Wildman–Crippen MR) is 108 cm³/mol. The van der Waals surface area contributed by atoms with E-state index >= 15 is 0 Å². The summed E-state index contributed by atoms with van der Waals surface area (Å²) in [5, 5.41) is 9.30. The number of carbonyl (C=O) groups is 1. The maximum Gasteiger partial charge on any atom is 0.304 e. The largest absolute Gasteiger partial charge is 0.481 e. The molecule has 0 fully saturated rings. The van der Waals surface area contributed by atoms with E-state index in [1.807, 2.05) is 42.5 Å². The van der Waals surface area contributed by atoms with E-state index in [1.165, 1.54) is 0 Å². The molecule has 1 aromatic carbocycles. The molecule has 0 aliphatic carbocycles. The molecule has 3 atom stereocenters. The van der Waals surface area contributed by atoms with Gasteiger partial charge < -0.3 is 19.0 Å². The van der Waals surface area contributed by atoms with Crippen LogP contribution in [0.5, 0.6) is 0 Å². The summed E-state index contributed by atoms with van der Waals surface area (Å²) in [5.41, 5.74) is 1.03. The highest BCUT2D eigenvalue weighted by Gasteiger charge is 2.38. The lowest BCUT2D eigenvalue weighted by molar-refractivity contribution is -0.200. The van der Waals surface area contributed by atoms with Crippen molar-refractivity contribution in [2.75, 3.05) is 6.61 Å². The van der Waals surface area contributed by atoms with Crippen molar-refractivity contribution in [3.05, 3.63) is 48.0 Å². The van der Waals surface area contributed by atoms with E-state index in [-0.39, 0.29) is 23.5 Å². The van der Waals surface area contributed by atoms with Crippen LogP contribution in [0.25, 0.3) is 0 Å². The average Bonchev–Trinajstić information content (AvgIpc) is 2.59. The molecule has 1 aliphatic heterocycles. The van der Waals surface area contributed by atoms with Gasteiger partial charge in [0.2, 0.25) is 0 Å². The zero-order valence-corrected chi connectivity index (χ0v) is 18.0. The molecule has 0 aromatic heterocycles. The van der Waals surface area contributed by atoms with E-state index < -0.39 is 20.6 Å². The fraction of sp³-hybridized carbons (Fsp3) is 0.571. The van der Waals surface area contributed by atoms with E-state index in [0.29, 0.717) is 13.2 Å². The van der Waals surface area contributed by atoms with Gasteiger partial charge in [-0.15, -0.1) is 0 Å². The van der Waals surface area contributed by atoms with Crippen LogP contribution in [0.1, 0.15) is 32.8 Å². The van der Waals surface area contributed by atoms with Gasteiger partial charge in [-0.2, -0.15) is 0 Å². The van der Waals surface area contributed by atoms with E-state index in [1.54, 1.807) is 0 Å². The van der Waals surface area contributed by atoms with Crippen LogP contribution in [0.15, 0.2) is 42.5 Å². The molecule has 6 heteroatoms. The number of hydrogen-bond donors (Lipinski definition) is 1. The van der Waals surface area contributed by atoms with Gasteiger partial charge in [-0.05, 0) is 23.7 Å². The van der Waals surface area contributed by atoms with Gasteiger partial charge in [-0.1, -0.05) is 63.3 Å². The van der Waals surface area contributed by atoms with Gasteiger partial charge in [-0.25, -0.2) is 0 Å². The first-order valence-corrected chi connectivity index (χ1v) is 12.3. The highest BCUT2D eigenvalue weighted by atomic mass is 28.4. The molecule has 0 bridgehead atoms. The molecule has 1 aromatic rings. The molecule has 0 saturated carbocycles. The van der Waals surface area contributed by atoms with Crippen molar-refractivity contribution in [2.24, 2.45) is 5.92 Å². The predicted octanol–water partition coefficient (Wildman–Crippen LogP) is 4.60. The first kappa shape index (κ1) is 21.8. The van der Waals surface area contributed by atoms with Gasteiger partial charge in [-0.3, -0.25) is 4.79 Å². The lowest BCUT2D eigenvalue weighted by Crippen LogP contribution is -2.44. The number of hydrogen-bond acceptors (Lipinski definition) is 4. The Morgan fingerprint density at radius 2 is 1.85 bits per heavy atom. The smallest absolute Gasteiger partial charge is 0.304 e. The Bertz CT molecular complexity index is 636. The quantitative estimate of drug-likeness (QED) is 0.517. The first-order chi connectivity index (χ1) is 12.6. The summed E-state index contributed by atoms with van der Waals surface area (Å²) < 4.78 is 18.2. The Morgan fingerprint density at radius 1 is 1.19 bits per heavy atom. The minimum atomic E-state index is -1.87. The van der Waals surface area contributed by atoms with Gasteiger partial charge in [0, 0.05) is 5.92 Å². The van der Waals surface area contributed by atoms with Crippen molar-refractivity contribution < 1.29 is 23.8 Å². The van der Waals surface area contributed by atoms with Gasteiger partial charge in [0.25, 0.3) is 0 Å². The minimum Gasteiger partial charge on any atom is -0.481 e. The molecule has 0 radical (unpaired) electrons. The van der Waals surface area contributed by atoms with E-state index in [0.717, 1.165) is 5.56 Å². The molecule has 1 N–H and O–H groups in total. The highest BCUT2D eigenvalue weighted by Crippen LogP contribution is 2.37. The maximum absolute atomic E-state index is 11.2. The van der Waals surface area contributed by atoms with Crippen molar-refractivity contribution in [1.29, 1.82) is 0 Å². The number of carboxylic acid groups (broad SMARTS) is 1. The summed E-state index contributed by atoms with van der Waals surface area (Å²) in [6.07, 6.45) is 2.95. The van der Waals surface area contributed by atoms with Gasteiger partial charge >= 0.3 is 5.97 Å². The lowest BCUT2D eigenvalue weighted by atomic mass is 10.0. The van der Waals surface area contributed by atoms with Crippen LogP contribution in [0.3, 0.4) is 0 Å². The minimum absolute atomic E-state index is 0.0221. The number of aliphatic carboxylic acids is 1. The van der Waals surface area contributed by atoms with E-state index in [9.17, 15) is 9.90 Å². The van der Waals surface area contributed by atoms with Crippen LogP contribution >= 0.6 is 0 Å². The molecule has 5 nitrogen and oxygen atoms in total. The zero-order valence-electron chi connectivity index (χ0n) is 17.0. The Labute approximate surface area is 163 Å². The zero-order chi connectivity index (χ0) is 20.1. The first-order valence-electron chi connectivity index (χ1n) is 9.43. The SMILES string of the molecule is CC(C)(C)[Si](C)(C)OC[C@@H]1C=C[C@@H](CC(=O)O)[C@@H](OCc2ccccc2)O1. The average molecular weight is 393 g/mol. The molecule has 0 amide bonds. The summed E-state index contributed by atoms with van der Waals surface area (Å²) in [6.45, 7) is 11.8. The van der Waals surface area contributed by atoms with E-state index in [2.05, 4.69) is 33.9 Å². The number of benzene rings is 1. The molecule has 1 heterocycles. The molecule has 0 spiro atoms. The van der Waals surface area contributed by atoms with Gasteiger partial charge in [0.05, 0.1) is 19.6 Å². The summed E-state index contributed by atoms with van der Waals surface area (Å²) in [5.74, 6) is -1.17. The fourth-order valence-electron chi connectivity index (χ4n) is 2.56. The standard InChI is InChI=1S/C21H32O5Si/c1-21(2,3)27(4,5)25-15-18-12-11-17(13-19(22)23)20(26-18)24-14-16-9-7-6-8-10-16/h6-12,17-18,20H,13-15H2,1-5H3,(H,22,23)/t17-,18-,20-/m0/s1.